The molecule has 1 unspecified atom stereocenters. The lowest BCUT2D eigenvalue weighted by Gasteiger charge is -2.33. The zero-order chi connectivity index (χ0) is 24.4. The van der Waals surface area contributed by atoms with Crippen molar-refractivity contribution in [2.24, 2.45) is 0 Å². The molecule has 12 heteroatoms. The maximum absolute atomic E-state index is 13.7. The van der Waals surface area contributed by atoms with E-state index in [1.807, 2.05) is 13.8 Å². The van der Waals surface area contributed by atoms with Crippen molar-refractivity contribution in [2.75, 3.05) is 39.4 Å². The van der Waals surface area contributed by atoms with Crippen LogP contribution >= 0.6 is 15.2 Å². The van der Waals surface area contributed by atoms with Gasteiger partial charge >= 0.3 is 15.2 Å². The Morgan fingerprint density at radius 2 is 1.50 bits per heavy atom. The van der Waals surface area contributed by atoms with Gasteiger partial charge in [0, 0.05) is 7.11 Å². The van der Waals surface area contributed by atoms with Crippen molar-refractivity contribution >= 4 is 15.2 Å². The standard InChI is InChI=1S/C20H40O10P2/c1-18(2,3)29-32(22,30-19(4,5)6)14-31(21,25-11-10-23-9)26-13-15-17-16(12-24-15)27-20(7,8)28-17/h15-17H,10-14H2,1-9H3/t15-,16+,17-,31?/m1/s1. The summed E-state index contributed by atoms with van der Waals surface area (Å²) < 4.78 is 72.6. The third-order valence-corrected chi connectivity index (χ3v) is 9.79. The Hall–Kier alpha value is 0.140. The molecule has 2 rings (SSSR count). The number of hydrogen-bond donors (Lipinski definition) is 0. The highest BCUT2D eigenvalue weighted by Gasteiger charge is 2.51. The van der Waals surface area contributed by atoms with Crippen LogP contribution in [0.5, 0.6) is 0 Å². The second-order valence-electron chi connectivity index (χ2n) is 10.4. The summed E-state index contributed by atoms with van der Waals surface area (Å²) in [7, 11) is -6.32. The molecule has 0 aromatic carbocycles. The molecule has 2 fully saturated rings. The number of fused-ring (bicyclic) bond motifs is 1. The Morgan fingerprint density at radius 1 is 0.906 bits per heavy atom. The third-order valence-electron chi connectivity index (χ3n) is 4.25. The number of methoxy groups -OCH3 is 1. The molecular weight excluding hydrogens is 462 g/mol. The molecule has 4 atom stereocenters. The van der Waals surface area contributed by atoms with Gasteiger partial charge < -0.3 is 37.0 Å². The molecule has 0 aliphatic carbocycles. The zero-order valence-corrected chi connectivity index (χ0v) is 22.5. The Bertz CT molecular complexity index is 692. The van der Waals surface area contributed by atoms with E-state index >= 15 is 0 Å². The van der Waals surface area contributed by atoms with Gasteiger partial charge in [-0.2, -0.15) is 0 Å². The van der Waals surface area contributed by atoms with E-state index in [-0.39, 0.29) is 32.0 Å². The summed E-state index contributed by atoms with van der Waals surface area (Å²) in [5.74, 6) is -1.27. The van der Waals surface area contributed by atoms with Crippen LogP contribution in [0.2, 0.25) is 0 Å². The lowest BCUT2D eigenvalue weighted by molar-refractivity contribution is -0.177. The summed E-state index contributed by atoms with van der Waals surface area (Å²) in [6, 6.07) is 0. The smallest absolute Gasteiger partial charge is 0.343 e. The van der Waals surface area contributed by atoms with Crippen molar-refractivity contribution in [1.29, 1.82) is 0 Å². The molecule has 2 aliphatic rings. The second kappa shape index (κ2) is 10.4. The fraction of sp³-hybridized carbons (Fsp3) is 1.00. The fourth-order valence-corrected chi connectivity index (χ4v) is 8.77. The van der Waals surface area contributed by atoms with Gasteiger partial charge in [-0.15, -0.1) is 0 Å². The summed E-state index contributed by atoms with van der Waals surface area (Å²) in [6.07, 6.45) is -1.10. The highest BCUT2D eigenvalue weighted by atomic mass is 31.2. The Labute approximate surface area is 191 Å². The second-order valence-corrected chi connectivity index (χ2v) is 14.9. The predicted octanol–water partition coefficient (Wildman–Crippen LogP) is 4.56. The molecule has 0 bridgehead atoms. The number of ether oxygens (including phenoxy) is 4. The summed E-state index contributed by atoms with van der Waals surface area (Å²) >= 11 is 0. The molecule has 2 saturated heterocycles. The molecule has 0 saturated carbocycles. The van der Waals surface area contributed by atoms with Crippen LogP contribution in [0.15, 0.2) is 0 Å². The molecule has 2 aliphatic heterocycles. The van der Waals surface area contributed by atoms with Gasteiger partial charge in [0.15, 0.2) is 11.7 Å². The van der Waals surface area contributed by atoms with Gasteiger partial charge in [0.1, 0.15) is 18.3 Å². The highest BCUT2D eigenvalue weighted by molar-refractivity contribution is 7.71. The molecule has 0 radical (unpaired) electrons. The van der Waals surface area contributed by atoms with Crippen LogP contribution in [0.1, 0.15) is 55.4 Å². The van der Waals surface area contributed by atoms with Crippen molar-refractivity contribution in [3.8, 4) is 0 Å². The topological polar surface area (TPSA) is 108 Å². The Kier molecular flexibility index (Phi) is 9.23. The van der Waals surface area contributed by atoms with Gasteiger partial charge in [0.2, 0.25) is 0 Å². The summed E-state index contributed by atoms with van der Waals surface area (Å²) in [5.41, 5.74) is -1.61. The summed E-state index contributed by atoms with van der Waals surface area (Å²) in [5, 5.41) is 0. The van der Waals surface area contributed by atoms with Crippen LogP contribution in [0.4, 0.5) is 0 Å². The average molecular weight is 502 g/mol. The van der Waals surface area contributed by atoms with Gasteiger partial charge in [-0.1, -0.05) is 0 Å². The van der Waals surface area contributed by atoms with Crippen LogP contribution in [-0.2, 0) is 46.2 Å². The van der Waals surface area contributed by atoms with E-state index in [9.17, 15) is 9.13 Å². The van der Waals surface area contributed by atoms with Crippen LogP contribution < -0.4 is 0 Å². The van der Waals surface area contributed by atoms with Crippen LogP contribution in [0.3, 0.4) is 0 Å². The number of rotatable bonds is 11. The first-order chi connectivity index (χ1) is 14.5. The average Bonchev–Trinajstić information content (AvgIpc) is 3.04. The fourth-order valence-electron chi connectivity index (χ4n) is 3.45. The third kappa shape index (κ3) is 9.06. The first-order valence-corrected chi connectivity index (χ1v) is 14.3. The van der Waals surface area contributed by atoms with Crippen molar-refractivity contribution in [2.45, 2.75) is 90.7 Å². The largest absolute Gasteiger partial charge is 0.382 e. The zero-order valence-electron chi connectivity index (χ0n) is 20.7. The minimum absolute atomic E-state index is 0.0109. The van der Waals surface area contributed by atoms with Gasteiger partial charge in [0.25, 0.3) is 0 Å². The SMILES string of the molecule is COCCOP(=O)(CP(=O)(OC(C)(C)C)OC(C)(C)C)OC[C@H]1OC[C@@H]2OC(C)(C)O[C@@H]21. The number of hydrogen-bond acceptors (Lipinski definition) is 10. The van der Waals surface area contributed by atoms with Gasteiger partial charge in [0.05, 0.1) is 37.6 Å². The maximum atomic E-state index is 13.7. The van der Waals surface area contributed by atoms with Crippen molar-refractivity contribution in [3.63, 3.8) is 0 Å². The van der Waals surface area contributed by atoms with E-state index in [0.717, 1.165) is 0 Å². The van der Waals surface area contributed by atoms with E-state index in [1.165, 1.54) is 7.11 Å². The first kappa shape index (κ1) is 28.4. The van der Waals surface area contributed by atoms with Gasteiger partial charge in [-0.05, 0) is 55.4 Å². The molecule has 0 N–H and O–H groups in total. The molecule has 32 heavy (non-hydrogen) atoms. The molecule has 190 valence electrons. The van der Waals surface area contributed by atoms with E-state index < -0.39 is 44.2 Å². The van der Waals surface area contributed by atoms with Crippen LogP contribution in [-0.4, -0.2) is 74.7 Å². The van der Waals surface area contributed by atoms with Crippen molar-refractivity contribution in [3.05, 3.63) is 0 Å². The van der Waals surface area contributed by atoms with Crippen LogP contribution in [0, 0.1) is 0 Å². The minimum atomic E-state index is -3.93. The van der Waals surface area contributed by atoms with Gasteiger partial charge in [-0.3, -0.25) is 9.13 Å². The predicted molar refractivity (Wildman–Crippen MR) is 119 cm³/mol. The normalized spacial score (nSPS) is 28.0. The van der Waals surface area contributed by atoms with E-state index in [0.29, 0.717) is 6.61 Å². The van der Waals surface area contributed by atoms with E-state index in [4.69, 9.17) is 37.0 Å². The van der Waals surface area contributed by atoms with Crippen molar-refractivity contribution in [1.82, 2.24) is 0 Å². The molecule has 0 aromatic rings. The summed E-state index contributed by atoms with van der Waals surface area (Å²) in [4.78, 5) is 0. The molecule has 0 amide bonds. The Balaban J connectivity index is 2.16. The van der Waals surface area contributed by atoms with Crippen molar-refractivity contribution < 1.29 is 46.2 Å². The Morgan fingerprint density at radius 3 is 2.03 bits per heavy atom. The monoisotopic (exact) mass is 502 g/mol. The van der Waals surface area contributed by atoms with E-state index in [2.05, 4.69) is 0 Å². The molecule has 0 spiro atoms. The lowest BCUT2D eigenvalue weighted by atomic mass is 10.2. The lowest BCUT2D eigenvalue weighted by Crippen LogP contribution is -2.33. The minimum Gasteiger partial charge on any atom is -0.382 e. The van der Waals surface area contributed by atoms with E-state index in [1.54, 1.807) is 41.5 Å². The first-order valence-electron chi connectivity index (χ1n) is 10.8. The highest BCUT2D eigenvalue weighted by Crippen LogP contribution is 2.66. The quantitative estimate of drug-likeness (QED) is 0.295. The van der Waals surface area contributed by atoms with Gasteiger partial charge in [-0.25, -0.2) is 0 Å². The van der Waals surface area contributed by atoms with Crippen LogP contribution in [0.25, 0.3) is 0 Å². The molecule has 0 aromatic heterocycles. The molecule has 10 nitrogen and oxygen atoms in total. The molecule has 2 heterocycles. The molecular formula is C20H40O10P2. The maximum Gasteiger partial charge on any atom is 0.343 e. The summed E-state index contributed by atoms with van der Waals surface area (Å²) in [6.45, 7) is 14.6.